The molecule has 0 aliphatic rings. The molecular formula is C15H13F3N2O. The zero-order chi connectivity index (χ0) is 15.6. The van der Waals surface area contributed by atoms with Gasteiger partial charge in [-0.1, -0.05) is 12.1 Å². The summed E-state index contributed by atoms with van der Waals surface area (Å²) >= 11 is 0. The number of pyridine rings is 1. The van der Waals surface area contributed by atoms with Gasteiger partial charge in [0, 0.05) is 7.05 Å². The van der Waals surface area contributed by atoms with Crippen LogP contribution in [0.3, 0.4) is 0 Å². The first-order valence-corrected chi connectivity index (χ1v) is 6.25. The summed E-state index contributed by atoms with van der Waals surface area (Å²) in [5.41, 5.74) is 0.382. The monoisotopic (exact) mass is 294 g/mol. The normalized spacial score (nSPS) is 12.0. The molecule has 0 saturated carbocycles. The number of benzene rings is 1. The van der Waals surface area contributed by atoms with Gasteiger partial charge in [0.15, 0.2) is 11.6 Å². The number of nitrogens with zero attached hydrogens (tertiary/aromatic N) is 2. The molecular weight excluding hydrogens is 281 g/mol. The number of hydrogen-bond acceptors (Lipinski definition) is 2. The molecule has 0 fully saturated rings. The first kappa shape index (κ1) is 15.0. The van der Waals surface area contributed by atoms with E-state index in [1.165, 1.54) is 30.1 Å². The van der Waals surface area contributed by atoms with Crippen LogP contribution in [0.5, 0.6) is 0 Å². The van der Waals surface area contributed by atoms with Crippen LogP contribution in [-0.2, 0) is 0 Å². The van der Waals surface area contributed by atoms with E-state index in [9.17, 15) is 18.0 Å². The minimum absolute atomic E-state index is 0.0491. The van der Waals surface area contributed by atoms with Crippen LogP contribution < -0.4 is 0 Å². The van der Waals surface area contributed by atoms with Crippen LogP contribution in [-0.4, -0.2) is 22.8 Å². The van der Waals surface area contributed by atoms with Crippen LogP contribution in [0.15, 0.2) is 36.4 Å². The fourth-order valence-electron chi connectivity index (χ4n) is 1.88. The minimum Gasteiger partial charge on any atom is -0.334 e. The molecule has 1 aromatic heterocycles. The van der Waals surface area contributed by atoms with Crippen molar-refractivity contribution in [2.75, 3.05) is 7.05 Å². The van der Waals surface area contributed by atoms with Crippen molar-refractivity contribution in [1.29, 1.82) is 0 Å². The van der Waals surface area contributed by atoms with Crippen LogP contribution in [0.1, 0.15) is 29.0 Å². The van der Waals surface area contributed by atoms with Gasteiger partial charge in [0.2, 0.25) is 5.95 Å². The van der Waals surface area contributed by atoms with Gasteiger partial charge >= 0.3 is 0 Å². The van der Waals surface area contributed by atoms with Gasteiger partial charge in [-0.2, -0.15) is 4.39 Å². The van der Waals surface area contributed by atoms with E-state index in [4.69, 9.17) is 0 Å². The molecule has 1 aromatic carbocycles. The number of halogens is 3. The maximum Gasteiger partial charge on any atom is 0.272 e. The number of rotatable bonds is 3. The predicted molar refractivity (Wildman–Crippen MR) is 71.1 cm³/mol. The van der Waals surface area contributed by atoms with E-state index in [2.05, 4.69) is 4.98 Å². The lowest BCUT2D eigenvalue weighted by molar-refractivity contribution is 0.0735. The van der Waals surface area contributed by atoms with E-state index in [0.717, 1.165) is 18.2 Å². The smallest absolute Gasteiger partial charge is 0.272 e. The molecule has 2 rings (SSSR count). The molecule has 2 aromatic rings. The van der Waals surface area contributed by atoms with Gasteiger partial charge in [-0.3, -0.25) is 4.79 Å². The van der Waals surface area contributed by atoms with Gasteiger partial charge in [-0.15, -0.1) is 0 Å². The summed E-state index contributed by atoms with van der Waals surface area (Å²) in [5.74, 6) is -3.20. The van der Waals surface area contributed by atoms with Gasteiger partial charge in [0.25, 0.3) is 5.91 Å². The summed E-state index contributed by atoms with van der Waals surface area (Å²) in [7, 11) is 1.49. The molecule has 0 bridgehead atoms. The van der Waals surface area contributed by atoms with Gasteiger partial charge in [0.05, 0.1) is 6.04 Å². The Morgan fingerprint density at radius 3 is 2.48 bits per heavy atom. The summed E-state index contributed by atoms with van der Waals surface area (Å²) in [6.07, 6.45) is 0. The van der Waals surface area contributed by atoms with E-state index in [-0.39, 0.29) is 5.69 Å². The van der Waals surface area contributed by atoms with Crippen molar-refractivity contribution in [3.63, 3.8) is 0 Å². The fraction of sp³-hybridized carbons (Fsp3) is 0.200. The Hall–Kier alpha value is -2.37. The lowest BCUT2D eigenvalue weighted by Crippen LogP contribution is -2.30. The van der Waals surface area contributed by atoms with Crippen LogP contribution in [0.2, 0.25) is 0 Å². The van der Waals surface area contributed by atoms with Gasteiger partial charge < -0.3 is 4.90 Å². The highest BCUT2D eigenvalue weighted by Crippen LogP contribution is 2.22. The molecule has 0 saturated heterocycles. The topological polar surface area (TPSA) is 33.2 Å². The summed E-state index contributed by atoms with van der Waals surface area (Å²) in [6.45, 7) is 1.66. The molecule has 1 unspecified atom stereocenters. The molecule has 1 amide bonds. The van der Waals surface area contributed by atoms with Crippen molar-refractivity contribution in [2.45, 2.75) is 13.0 Å². The van der Waals surface area contributed by atoms with Crippen molar-refractivity contribution >= 4 is 5.91 Å². The fourth-order valence-corrected chi connectivity index (χ4v) is 1.88. The first-order valence-electron chi connectivity index (χ1n) is 6.25. The molecule has 21 heavy (non-hydrogen) atoms. The number of hydrogen-bond donors (Lipinski definition) is 0. The Balaban J connectivity index is 2.24. The molecule has 0 aliphatic heterocycles. The van der Waals surface area contributed by atoms with Crippen molar-refractivity contribution < 1.29 is 18.0 Å². The van der Waals surface area contributed by atoms with Crippen molar-refractivity contribution in [2.24, 2.45) is 0 Å². The van der Waals surface area contributed by atoms with E-state index < -0.39 is 29.5 Å². The molecule has 0 aliphatic carbocycles. The third kappa shape index (κ3) is 3.21. The SMILES string of the molecule is CC(c1ccc(F)c(F)c1)N(C)C(=O)c1cccc(F)n1. The highest BCUT2D eigenvalue weighted by molar-refractivity contribution is 5.92. The molecule has 110 valence electrons. The van der Waals surface area contributed by atoms with Crippen LogP contribution in [0, 0.1) is 17.6 Å². The Morgan fingerprint density at radius 1 is 1.14 bits per heavy atom. The third-order valence-electron chi connectivity index (χ3n) is 3.26. The highest BCUT2D eigenvalue weighted by atomic mass is 19.2. The summed E-state index contributed by atoms with van der Waals surface area (Å²) in [5, 5.41) is 0. The van der Waals surface area contributed by atoms with Gasteiger partial charge in [-0.05, 0) is 36.8 Å². The summed E-state index contributed by atoms with van der Waals surface area (Å²) in [6, 6.07) is 6.81. The lowest BCUT2D eigenvalue weighted by Gasteiger charge is -2.25. The maximum absolute atomic E-state index is 13.2. The Kier molecular flexibility index (Phi) is 4.26. The van der Waals surface area contributed by atoms with E-state index in [0.29, 0.717) is 5.56 Å². The zero-order valence-electron chi connectivity index (χ0n) is 11.5. The number of amides is 1. The number of carbonyl (C=O) groups excluding carboxylic acids is 1. The van der Waals surface area contributed by atoms with Crippen LogP contribution in [0.25, 0.3) is 0 Å². The Bertz CT molecular complexity index is 676. The third-order valence-corrected chi connectivity index (χ3v) is 3.26. The largest absolute Gasteiger partial charge is 0.334 e. The van der Waals surface area contributed by atoms with E-state index in [1.807, 2.05) is 0 Å². The van der Waals surface area contributed by atoms with E-state index in [1.54, 1.807) is 6.92 Å². The Morgan fingerprint density at radius 2 is 1.86 bits per heavy atom. The van der Waals surface area contributed by atoms with Gasteiger partial charge in [0.1, 0.15) is 5.69 Å². The van der Waals surface area contributed by atoms with Crippen LogP contribution >= 0.6 is 0 Å². The molecule has 0 radical (unpaired) electrons. The summed E-state index contributed by atoms with van der Waals surface area (Å²) < 4.78 is 39.2. The average Bonchev–Trinajstić information content (AvgIpc) is 2.47. The first-order chi connectivity index (χ1) is 9.90. The van der Waals surface area contributed by atoms with Crippen molar-refractivity contribution in [1.82, 2.24) is 9.88 Å². The van der Waals surface area contributed by atoms with Gasteiger partial charge in [-0.25, -0.2) is 13.8 Å². The van der Waals surface area contributed by atoms with E-state index >= 15 is 0 Å². The maximum atomic E-state index is 13.2. The van der Waals surface area contributed by atoms with Crippen LogP contribution in [0.4, 0.5) is 13.2 Å². The molecule has 3 nitrogen and oxygen atoms in total. The minimum atomic E-state index is -0.982. The molecule has 6 heteroatoms. The predicted octanol–water partition coefficient (Wildman–Crippen LogP) is 3.33. The second kappa shape index (κ2) is 5.95. The highest BCUT2D eigenvalue weighted by Gasteiger charge is 2.21. The summed E-state index contributed by atoms with van der Waals surface area (Å²) in [4.78, 5) is 17.0. The Labute approximate surface area is 120 Å². The molecule has 1 heterocycles. The second-order valence-electron chi connectivity index (χ2n) is 4.61. The van der Waals surface area contributed by atoms with Crippen molar-refractivity contribution in [3.05, 3.63) is 65.2 Å². The lowest BCUT2D eigenvalue weighted by atomic mass is 10.1. The number of carbonyl (C=O) groups is 1. The molecule has 1 atom stereocenters. The van der Waals surface area contributed by atoms with Crippen molar-refractivity contribution in [3.8, 4) is 0 Å². The standard InChI is InChI=1S/C15H13F3N2O/c1-9(10-6-7-11(16)12(17)8-10)20(2)15(21)13-4-3-5-14(18)19-13/h3-9H,1-2H3. The second-order valence-corrected chi connectivity index (χ2v) is 4.61. The molecule has 0 spiro atoms. The quantitative estimate of drug-likeness (QED) is 0.814. The zero-order valence-corrected chi connectivity index (χ0v) is 11.5. The average molecular weight is 294 g/mol. The number of aromatic nitrogens is 1. The molecule has 0 N–H and O–H groups in total.